The summed E-state index contributed by atoms with van der Waals surface area (Å²) in [6, 6.07) is 13.2. The molecule has 2 aromatic carbocycles. The minimum absolute atomic E-state index is 0.337. The predicted octanol–water partition coefficient (Wildman–Crippen LogP) is 2.26. The molecular formula is C14H10ClNO3. The first kappa shape index (κ1) is 12.0. The van der Waals surface area contributed by atoms with Gasteiger partial charge in [0.1, 0.15) is 5.75 Å². The Labute approximate surface area is 114 Å². The lowest BCUT2D eigenvalue weighted by Gasteiger charge is -2.34. The van der Waals surface area contributed by atoms with Crippen molar-refractivity contribution in [1.29, 1.82) is 0 Å². The maximum Gasteiger partial charge on any atom is 0.320 e. The summed E-state index contributed by atoms with van der Waals surface area (Å²) in [5, 5.41) is 13.4. The predicted molar refractivity (Wildman–Crippen MR) is 69.9 cm³/mol. The zero-order valence-corrected chi connectivity index (χ0v) is 10.5. The van der Waals surface area contributed by atoms with Gasteiger partial charge in [0.2, 0.25) is 0 Å². The number of para-hydroxylation sites is 1. The molecule has 19 heavy (non-hydrogen) atoms. The van der Waals surface area contributed by atoms with Crippen LogP contribution in [0.1, 0.15) is 15.9 Å². The Bertz CT molecular complexity index is 641. The topological polar surface area (TPSA) is 58.6 Å². The van der Waals surface area contributed by atoms with Crippen molar-refractivity contribution in [2.24, 2.45) is 0 Å². The monoisotopic (exact) mass is 275 g/mol. The van der Waals surface area contributed by atoms with Gasteiger partial charge in [-0.15, -0.1) is 0 Å². The second kappa shape index (κ2) is 4.26. The number of amides is 1. The maximum atomic E-state index is 12.0. The number of halogens is 1. The van der Waals surface area contributed by atoms with Gasteiger partial charge >= 0.3 is 5.91 Å². The van der Waals surface area contributed by atoms with E-state index in [2.05, 4.69) is 5.32 Å². The number of hydrogen-bond acceptors (Lipinski definition) is 3. The number of rotatable bonds is 1. The minimum Gasteiger partial charge on any atom is -0.440 e. The second-order valence-electron chi connectivity index (χ2n) is 4.20. The normalized spacial score (nSPS) is 21.3. The highest BCUT2D eigenvalue weighted by molar-refractivity contribution is 6.30. The van der Waals surface area contributed by atoms with Crippen LogP contribution in [0.3, 0.4) is 0 Å². The van der Waals surface area contributed by atoms with E-state index in [0.717, 1.165) is 0 Å². The summed E-state index contributed by atoms with van der Waals surface area (Å²) in [7, 11) is 0. The van der Waals surface area contributed by atoms with Gasteiger partial charge in [0, 0.05) is 10.6 Å². The van der Waals surface area contributed by atoms with Crippen molar-refractivity contribution in [2.75, 3.05) is 0 Å². The van der Waals surface area contributed by atoms with Gasteiger partial charge in [0.25, 0.3) is 5.91 Å². The zero-order chi connectivity index (χ0) is 13.5. The lowest BCUT2D eigenvalue weighted by Crippen LogP contribution is -2.53. The van der Waals surface area contributed by atoms with Crippen molar-refractivity contribution in [1.82, 2.24) is 5.32 Å². The molecule has 0 spiro atoms. The second-order valence-corrected chi connectivity index (χ2v) is 4.64. The van der Waals surface area contributed by atoms with Crippen LogP contribution in [0.5, 0.6) is 5.75 Å². The maximum absolute atomic E-state index is 12.0. The van der Waals surface area contributed by atoms with E-state index in [4.69, 9.17) is 16.3 Å². The van der Waals surface area contributed by atoms with E-state index in [1.54, 1.807) is 48.5 Å². The number of aliphatic hydroxyl groups is 1. The van der Waals surface area contributed by atoms with Crippen molar-refractivity contribution in [3.8, 4) is 5.75 Å². The van der Waals surface area contributed by atoms with Crippen molar-refractivity contribution in [3.05, 3.63) is 64.7 Å². The molecule has 0 fully saturated rings. The van der Waals surface area contributed by atoms with Gasteiger partial charge in [-0.2, -0.15) is 0 Å². The third kappa shape index (κ3) is 2.05. The largest absolute Gasteiger partial charge is 0.440 e. The van der Waals surface area contributed by atoms with Crippen LogP contribution in [0.4, 0.5) is 0 Å². The van der Waals surface area contributed by atoms with Crippen molar-refractivity contribution in [2.45, 2.75) is 5.91 Å². The Kier molecular flexibility index (Phi) is 2.69. The summed E-state index contributed by atoms with van der Waals surface area (Å²) in [6.07, 6.45) is 0. The number of carbonyl (C=O) groups excluding carboxylic acids is 1. The van der Waals surface area contributed by atoms with Gasteiger partial charge in [0.05, 0.1) is 5.56 Å². The Morgan fingerprint density at radius 2 is 1.79 bits per heavy atom. The molecule has 0 aromatic heterocycles. The lowest BCUT2D eigenvalue weighted by atomic mass is 10.1. The van der Waals surface area contributed by atoms with Gasteiger partial charge in [-0.25, -0.2) is 0 Å². The summed E-state index contributed by atoms with van der Waals surface area (Å²) in [6.45, 7) is 0. The quantitative estimate of drug-likeness (QED) is 0.839. The number of carbonyl (C=O) groups is 1. The molecule has 3 rings (SSSR count). The zero-order valence-electron chi connectivity index (χ0n) is 9.76. The van der Waals surface area contributed by atoms with Gasteiger partial charge in [-0.1, -0.05) is 23.7 Å². The van der Waals surface area contributed by atoms with Crippen LogP contribution in [-0.4, -0.2) is 11.0 Å². The van der Waals surface area contributed by atoms with E-state index in [9.17, 15) is 9.90 Å². The molecule has 96 valence electrons. The molecule has 2 N–H and O–H groups in total. The Balaban J connectivity index is 2.04. The minimum atomic E-state index is -1.88. The van der Waals surface area contributed by atoms with Crippen LogP contribution in [0.2, 0.25) is 5.02 Å². The molecule has 0 aliphatic carbocycles. The Morgan fingerprint density at radius 1 is 1.11 bits per heavy atom. The van der Waals surface area contributed by atoms with Crippen LogP contribution in [0.25, 0.3) is 0 Å². The molecular weight excluding hydrogens is 266 g/mol. The number of benzene rings is 2. The lowest BCUT2D eigenvalue weighted by molar-refractivity contribution is -0.167. The van der Waals surface area contributed by atoms with Crippen molar-refractivity contribution in [3.63, 3.8) is 0 Å². The molecule has 1 aliphatic heterocycles. The first-order valence-corrected chi connectivity index (χ1v) is 6.05. The average Bonchev–Trinajstić information content (AvgIpc) is 2.39. The fourth-order valence-corrected chi connectivity index (χ4v) is 2.08. The van der Waals surface area contributed by atoms with Crippen LogP contribution < -0.4 is 10.1 Å². The van der Waals surface area contributed by atoms with Crippen LogP contribution in [0, 0.1) is 0 Å². The summed E-state index contributed by atoms with van der Waals surface area (Å²) in [5.41, 5.74) is 0.792. The van der Waals surface area contributed by atoms with E-state index >= 15 is 0 Å². The summed E-state index contributed by atoms with van der Waals surface area (Å²) in [4.78, 5) is 12.0. The van der Waals surface area contributed by atoms with Crippen LogP contribution >= 0.6 is 11.6 Å². The van der Waals surface area contributed by atoms with Gasteiger partial charge in [-0.3, -0.25) is 10.1 Å². The Hall–Kier alpha value is -2.04. The van der Waals surface area contributed by atoms with E-state index in [1.807, 2.05) is 0 Å². The molecule has 1 unspecified atom stereocenters. The van der Waals surface area contributed by atoms with Gasteiger partial charge in [-0.05, 0) is 36.4 Å². The molecule has 4 nitrogen and oxygen atoms in total. The number of fused-ring (bicyclic) bond motifs is 1. The molecule has 5 heteroatoms. The molecule has 2 aromatic rings. The first-order chi connectivity index (χ1) is 9.08. The number of ether oxygens (including phenoxy) is 1. The summed E-state index contributed by atoms with van der Waals surface area (Å²) in [5.74, 6) is -1.93. The average molecular weight is 276 g/mol. The SMILES string of the molecule is O=C1NC(O)(c2ccc(Cl)cc2)Oc2ccccc21. The van der Waals surface area contributed by atoms with E-state index in [0.29, 0.717) is 21.9 Å². The van der Waals surface area contributed by atoms with Crippen LogP contribution in [-0.2, 0) is 5.91 Å². The standard InChI is InChI=1S/C14H10ClNO3/c15-10-7-5-9(6-8-10)14(18)16-13(17)11-3-1-2-4-12(11)19-14/h1-8,18H,(H,16,17). The third-order valence-corrected chi connectivity index (χ3v) is 3.16. The highest BCUT2D eigenvalue weighted by Crippen LogP contribution is 2.31. The van der Waals surface area contributed by atoms with Gasteiger partial charge in [0.15, 0.2) is 0 Å². The molecule has 0 radical (unpaired) electrons. The summed E-state index contributed by atoms with van der Waals surface area (Å²) < 4.78 is 5.50. The molecule has 0 bridgehead atoms. The van der Waals surface area contributed by atoms with E-state index < -0.39 is 5.91 Å². The highest BCUT2D eigenvalue weighted by atomic mass is 35.5. The van der Waals surface area contributed by atoms with Crippen LogP contribution in [0.15, 0.2) is 48.5 Å². The molecule has 0 saturated carbocycles. The highest BCUT2D eigenvalue weighted by Gasteiger charge is 2.39. The number of nitrogens with one attached hydrogen (secondary N) is 1. The molecule has 1 aliphatic rings. The molecule has 1 atom stereocenters. The van der Waals surface area contributed by atoms with Crippen molar-refractivity contribution >= 4 is 17.5 Å². The van der Waals surface area contributed by atoms with Gasteiger partial charge < -0.3 is 9.84 Å². The van der Waals surface area contributed by atoms with E-state index in [1.165, 1.54) is 0 Å². The van der Waals surface area contributed by atoms with Crippen molar-refractivity contribution < 1.29 is 14.6 Å². The third-order valence-electron chi connectivity index (χ3n) is 2.91. The fourth-order valence-electron chi connectivity index (χ4n) is 1.96. The number of hydrogen-bond donors (Lipinski definition) is 2. The van der Waals surface area contributed by atoms with E-state index in [-0.39, 0.29) is 5.91 Å². The fraction of sp³-hybridized carbons (Fsp3) is 0.0714. The Morgan fingerprint density at radius 3 is 2.53 bits per heavy atom. The summed E-state index contributed by atoms with van der Waals surface area (Å²) >= 11 is 5.80. The molecule has 0 saturated heterocycles. The smallest absolute Gasteiger partial charge is 0.320 e. The molecule has 1 heterocycles. The molecule has 1 amide bonds. The first-order valence-electron chi connectivity index (χ1n) is 5.67.